The lowest BCUT2D eigenvalue weighted by Gasteiger charge is -2.39. The van der Waals surface area contributed by atoms with Crippen molar-refractivity contribution in [2.24, 2.45) is 10.9 Å². The van der Waals surface area contributed by atoms with Gasteiger partial charge in [-0.1, -0.05) is 51.0 Å². The highest BCUT2D eigenvalue weighted by molar-refractivity contribution is 5.79. The lowest BCUT2D eigenvalue weighted by Crippen LogP contribution is -2.53. The summed E-state index contributed by atoms with van der Waals surface area (Å²) in [5.74, 6) is 1.51. The zero-order chi connectivity index (χ0) is 23.0. The minimum atomic E-state index is 0.490. The fraction of sp³-hybridized carbons (Fsp3) is 0.720. The second kappa shape index (κ2) is 16.0. The van der Waals surface area contributed by atoms with Crippen LogP contribution in [0.1, 0.15) is 44.7 Å². The monoisotopic (exact) mass is 448 g/mol. The molecular weight excluding hydrogens is 404 g/mol. The Morgan fingerprint density at radius 2 is 1.78 bits per heavy atom. The summed E-state index contributed by atoms with van der Waals surface area (Å²) >= 11 is 0. The molecule has 1 aromatic rings. The molecule has 7 nitrogen and oxygen atoms in total. The number of morpholine rings is 1. The van der Waals surface area contributed by atoms with Crippen LogP contribution < -0.4 is 10.6 Å². The van der Waals surface area contributed by atoms with E-state index in [0.29, 0.717) is 31.8 Å². The Kier molecular flexibility index (Phi) is 13.3. The first-order chi connectivity index (χ1) is 15.7. The molecule has 2 N–H and O–H groups in total. The quantitative estimate of drug-likeness (QED) is 0.259. The van der Waals surface area contributed by atoms with Crippen molar-refractivity contribution in [2.75, 3.05) is 59.7 Å². The van der Waals surface area contributed by atoms with Crippen molar-refractivity contribution in [1.29, 1.82) is 0 Å². The fourth-order valence-electron chi connectivity index (χ4n) is 4.23. The normalized spacial score (nSPS) is 16.3. The van der Waals surface area contributed by atoms with Gasteiger partial charge in [0, 0.05) is 45.9 Å². The van der Waals surface area contributed by atoms with E-state index in [-0.39, 0.29) is 0 Å². The lowest BCUT2D eigenvalue weighted by molar-refractivity contribution is 0.00272. The Morgan fingerprint density at radius 3 is 2.47 bits per heavy atom. The van der Waals surface area contributed by atoms with Crippen LogP contribution in [0.25, 0.3) is 0 Å². The molecule has 7 heteroatoms. The van der Waals surface area contributed by atoms with E-state index in [2.05, 4.69) is 58.6 Å². The van der Waals surface area contributed by atoms with Crippen LogP contribution in [-0.4, -0.2) is 76.6 Å². The van der Waals surface area contributed by atoms with Crippen molar-refractivity contribution in [3.05, 3.63) is 35.4 Å². The molecule has 2 rings (SSSR count). The van der Waals surface area contributed by atoms with E-state index in [1.54, 1.807) is 0 Å². The first kappa shape index (κ1) is 26.6. The number of hydrogen-bond acceptors (Lipinski definition) is 5. The first-order valence-electron chi connectivity index (χ1n) is 12.2. The fourth-order valence-corrected chi connectivity index (χ4v) is 4.23. The summed E-state index contributed by atoms with van der Waals surface area (Å²) in [5, 5.41) is 7.04. The maximum absolute atomic E-state index is 5.69. The molecule has 1 heterocycles. The Labute approximate surface area is 194 Å². The Balaban J connectivity index is 1.84. The SMILES string of the molecule is CCOCCOCc1cccc(CNC(=NC)NCC(C(CC)CC)N2CCOCC2)c1. The minimum absolute atomic E-state index is 0.490. The van der Waals surface area contributed by atoms with Gasteiger partial charge in [-0.3, -0.25) is 9.89 Å². The average Bonchev–Trinajstić information content (AvgIpc) is 2.84. The molecule has 182 valence electrons. The van der Waals surface area contributed by atoms with Crippen molar-refractivity contribution in [2.45, 2.75) is 52.8 Å². The summed E-state index contributed by atoms with van der Waals surface area (Å²) in [4.78, 5) is 7.02. The van der Waals surface area contributed by atoms with E-state index in [1.807, 2.05) is 14.0 Å². The van der Waals surface area contributed by atoms with Gasteiger partial charge in [-0.15, -0.1) is 0 Å². The number of ether oxygens (including phenoxy) is 3. The van der Waals surface area contributed by atoms with Gasteiger partial charge in [-0.2, -0.15) is 0 Å². The molecule has 0 radical (unpaired) electrons. The van der Waals surface area contributed by atoms with Crippen LogP contribution in [0, 0.1) is 5.92 Å². The molecule has 1 aromatic carbocycles. The maximum Gasteiger partial charge on any atom is 0.191 e. The second-order valence-corrected chi connectivity index (χ2v) is 8.17. The third-order valence-electron chi connectivity index (χ3n) is 6.11. The Hall–Kier alpha value is -1.67. The summed E-state index contributed by atoms with van der Waals surface area (Å²) in [6.07, 6.45) is 2.37. The number of nitrogens with zero attached hydrogens (tertiary/aromatic N) is 2. The second-order valence-electron chi connectivity index (χ2n) is 8.17. The van der Waals surface area contributed by atoms with Crippen molar-refractivity contribution >= 4 is 5.96 Å². The predicted molar refractivity (Wildman–Crippen MR) is 131 cm³/mol. The maximum atomic E-state index is 5.69. The van der Waals surface area contributed by atoms with E-state index >= 15 is 0 Å². The van der Waals surface area contributed by atoms with E-state index < -0.39 is 0 Å². The Morgan fingerprint density at radius 1 is 1.06 bits per heavy atom. The van der Waals surface area contributed by atoms with Gasteiger partial charge in [0.05, 0.1) is 33.0 Å². The van der Waals surface area contributed by atoms with Crippen LogP contribution in [0.2, 0.25) is 0 Å². The largest absolute Gasteiger partial charge is 0.379 e. The van der Waals surface area contributed by atoms with Crippen LogP contribution >= 0.6 is 0 Å². The molecule has 1 aliphatic heterocycles. The molecule has 1 unspecified atom stereocenters. The Bertz CT molecular complexity index is 646. The molecule has 0 saturated carbocycles. The van der Waals surface area contributed by atoms with E-state index in [9.17, 15) is 0 Å². The molecule has 1 atom stereocenters. The first-order valence-corrected chi connectivity index (χ1v) is 12.2. The van der Waals surface area contributed by atoms with E-state index in [1.165, 1.54) is 24.0 Å². The molecule has 0 aromatic heterocycles. The van der Waals surface area contributed by atoms with Gasteiger partial charge in [0.15, 0.2) is 5.96 Å². The summed E-state index contributed by atoms with van der Waals surface area (Å²) < 4.78 is 16.6. The van der Waals surface area contributed by atoms with Crippen LogP contribution in [0.15, 0.2) is 29.3 Å². The van der Waals surface area contributed by atoms with Crippen molar-refractivity contribution < 1.29 is 14.2 Å². The van der Waals surface area contributed by atoms with Crippen molar-refractivity contribution in [1.82, 2.24) is 15.5 Å². The molecule has 0 spiro atoms. The number of rotatable bonds is 14. The minimum Gasteiger partial charge on any atom is -0.379 e. The molecular formula is C25H44N4O3. The van der Waals surface area contributed by atoms with Crippen LogP contribution in [0.4, 0.5) is 0 Å². The smallest absolute Gasteiger partial charge is 0.191 e. The number of aliphatic imine (C=N–C) groups is 1. The molecule has 1 fully saturated rings. The number of nitrogens with one attached hydrogen (secondary N) is 2. The van der Waals surface area contributed by atoms with E-state index in [0.717, 1.165) is 52.0 Å². The predicted octanol–water partition coefficient (Wildman–Crippen LogP) is 3.04. The lowest BCUT2D eigenvalue weighted by atomic mass is 9.92. The van der Waals surface area contributed by atoms with Gasteiger partial charge in [-0.25, -0.2) is 0 Å². The summed E-state index contributed by atoms with van der Waals surface area (Å²) in [5.41, 5.74) is 2.38. The van der Waals surface area contributed by atoms with Crippen LogP contribution in [0.5, 0.6) is 0 Å². The number of guanidine groups is 1. The molecule has 1 saturated heterocycles. The van der Waals surface area contributed by atoms with Gasteiger partial charge < -0.3 is 24.8 Å². The zero-order valence-electron chi connectivity index (χ0n) is 20.6. The summed E-state index contributed by atoms with van der Waals surface area (Å²) in [6.45, 7) is 14.5. The van der Waals surface area contributed by atoms with Crippen LogP contribution in [-0.2, 0) is 27.4 Å². The third-order valence-corrected chi connectivity index (χ3v) is 6.11. The zero-order valence-corrected chi connectivity index (χ0v) is 20.6. The summed E-state index contributed by atoms with van der Waals surface area (Å²) in [7, 11) is 1.83. The third kappa shape index (κ3) is 9.45. The molecule has 0 aliphatic carbocycles. The number of benzene rings is 1. The van der Waals surface area contributed by atoms with Gasteiger partial charge >= 0.3 is 0 Å². The van der Waals surface area contributed by atoms with Gasteiger partial charge in [0.25, 0.3) is 0 Å². The van der Waals surface area contributed by atoms with Crippen molar-refractivity contribution in [3.8, 4) is 0 Å². The number of hydrogen-bond donors (Lipinski definition) is 2. The van der Waals surface area contributed by atoms with Gasteiger partial charge in [0.2, 0.25) is 0 Å². The molecule has 1 aliphatic rings. The standard InChI is InChI=1S/C25H44N4O3/c1-5-23(6-2)24(29-11-13-31-14-12-29)19-28-25(26-4)27-18-21-9-8-10-22(17-21)20-32-16-15-30-7-3/h8-10,17,23-24H,5-7,11-16,18-20H2,1-4H3,(H2,26,27,28). The van der Waals surface area contributed by atoms with Gasteiger partial charge in [0.1, 0.15) is 0 Å². The summed E-state index contributed by atoms with van der Waals surface area (Å²) in [6, 6.07) is 8.98. The highest BCUT2D eigenvalue weighted by atomic mass is 16.5. The molecule has 0 amide bonds. The van der Waals surface area contributed by atoms with E-state index in [4.69, 9.17) is 14.2 Å². The molecule has 32 heavy (non-hydrogen) atoms. The van der Waals surface area contributed by atoms with Crippen LogP contribution in [0.3, 0.4) is 0 Å². The highest BCUT2D eigenvalue weighted by Gasteiger charge is 2.27. The molecule has 0 bridgehead atoms. The topological polar surface area (TPSA) is 67.4 Å². The average molecular weight is 449 g/mol. The van der Waals surface area contributed by atoms with Crippen molar-refractivity contribution in [3.63, 3.8) is 0 Å². The highest BCUT2D eigenvalue weighted by Crippen LogP contribution is 2.19. The van der Waals surface area contributed by atoms with Gasteiger partial charge in [-0.05, 0) is 24.0 Å².